The topological polar surface area (TPSA) is 98.0 Å². The quantitative estimate of drug-likeness (QED) is 0.855. The normalized spacial score (nSPS) is 24.3. The smallest absolute Gasteiger partial charge is 0.222 e. The van der Waals surface area contributed by atoms with E-state index in [-0.39, 0.29) is 11.7 Å². The van der Waals surface area contributed by atoms with Gasteiger partial charge in [0.1, 0.15) is 5.82 Å². The van der Waals surface area contributed by atoms with Crippen LogP contribution in [0.15, 0.2) is 0 Å². The summed E-state index contributed by atoms with van der Waals surface area (Å²) in [5.41, 5.74) is 7.96. The second kappa shape index (κ2) is 5.20. The lowest BCUT2D eigenvalue weighted by Gasteiger charge is -2.20. The second-order valence-electron chi connectivity index (χ2n) is 5.71. The minimum atomic E-state index is -2.82. The van der Waals surface area contributed by atoms with E-state index < -0.39 is 9.84 Å². The number of anilines is 2. The first-order valence-corrected chi connectivity index (χ1v) is 8.95. The van der Waals surface area contributed by atoms with E-state index in [9.17, 15) is 8.42 Å². The Labute approximate surface area is 119 Å². The minimum absolute atomic E-state index is 0.176. The molecule has 0 unspecified atom stereocenters. The Kier molecular flexibility index (Phi) is 3.54. The van der Waals surface area contributed by atoms with Crippen molar-refractivity contribution in [1.82, 2.24) is 9.97 Å². The Morgan fingerprint density at radius 3 is 2.80 bits per heavy atom. The molecule has 1 aliphatic carbocycles. The molecule has 0 aromatic carbocycles. The first-order chi connectivity index (χ1) is 9.53. The van der Waals surface area contributed by atoms with Crippen LogP contribution in [0.2, 0.25) is 0 Å². The average molecular weight is 296 g/mol. The molecule has 3 rings (SSSR count). The number of nitrogen functional groups attached to an aromatic ring is 1. The van der Waals surface area contributed by atoms with Crippen LogP contribution in [0, 0.1) is 5.92 Å². The molecule has 1 saturated heterocycles. The fourth-order valence-electron chi connectivity index (χ4n) is 3.03. The lowest BCUT2D eigenvalue weighted by Crippen LogP contribution is -2.20. The molecule has 1 fully saturated rings. The monoisotopic (exact) mass is 296 g/mol. The van der Waals surface area contributed by atoms with Crippen molar-refractivity contribution < 1.29 is 8.42 Å². The van der Waals surface area contributed by atoms with Gasteiger partial charge in [-0.1, -0.05) is 0 Å². The van der Waals surface area contributed by atoms with E-state index in [1.54, 1.807) is 0 Å². The van der Waals surface area contributed by atoms with E-state index in [4.69, 9.17) is 5.73 Å². The van der Waals surface area contributed by atoms with Crippen molar-refractivity contribution in [2.24, 2.45) is 5.92 Å². The Bertz CT molecular complexity index is 615. The van der Waals surface area contributed by atoms with Gasteiger partial charge < -0.3 is 11.1 Å². The Morgan fingerprint density at radius 1 is 1.25 bits per heavy atom. The summed E-state index contributed by atoms with van der Waals surface area (Å²) >= 11 is 0. The molecular weight excluding hydrogens is 276 g/mol. The van der Waals surface area contributed by atoms with Crippen LogP contribution in [0.5, 0.6) is 0 Å². The summed E-state index contributed by atoms with van der Waals surface area (Å²) in [6.07, 6.45) is 4.95. The fourth-order valence-corrected chi connectivity index (χ4v) is 4.90. The van der Waals surface area contributed by atoms with E-state index in [0.29, 0.717) is 18.2 Å². The third-order valence-corrected chi connectivity index (χ3v) is 5.92. The summed E-state index contributed by atoms with van der Waals surface area (Å²) in [7, 11) is -2.82. The van der Waals surface area contributed by atoms with Gasteiger partial charge in [-0.3, -0.25) is 0 Å². The number of nitrogens with one attached hydrogen (secondary N) is 1. The highest BCUT2D eigenvalue weighted by Gasteiger charge is 2.28. The molecule has 6 nitrogen and oxygen atoms in total. The van der Waals surface area contributed by atoms with Gasteiger partial charge in [0.05, 0.1) is 17.2 Å². The molecule has 3 N–H and O–H groups in total. The Morgan fingerprint density at radius 2 is 2.05 bits per heavy atom. The van der Waals surface area contributed by atoms with Crippen molar-refractivity contribution in [2.45, 2.75) is 32.1 Å². The van der Waals surface area contributed by atoms with Crippen LogP contribution >= 0.6 is 0 Å². The van der Waals surface area contributed by atoms with Crippen molar-refractivity contribution in [1.29, 1.82) is 0 Å². The second-order valence-corrected chi connectivity index (χ2v) is 7.94. The number of sulfone groups is 1. The standard InChI is InChI=1S/C13H20N4O2S/c14-13-16-11-4-2-1-3-10(11)12(17-13)15-7-9-5-6-20(18,19)8-9/h9H,1-8H2,(H3,14,15,16,17)/t9-/m1/s1. The number of rotatable bonds is 3. The van der Waals surface area contributed by atoms with E-state index >= 15 is 0 Å². The number of hydrogen-bond acceptors (Lipinski definition) is 6. The molecule has 20 heavy (non-hydrogen) atoms. The number of nitrogens with zero attached hydrogens (tertiary/aromatic N) is 2. The SMILES string of the molecule is Nc1nc2c(c(NC[C@H]3CCS(=O)(=O)C3)n1)CCCC2. The van der Waals surface area contributed by atoms with Gasteiger partial charge in [0, 0.05) is 12.1 Å². The highest BCUT2D eigenvalue weighted by Crippen LogP contribution is 2.27. The summed E-state index contributed by atoms with van der Waals surface area (Å²) in [4.78, 5) is 8.60. The van der Waals surface area contributed by atoms with E-state index in [2.05, 4.69) is 15.3 Å². The molecule has 2 aliphatic rings. The highest BCUT2D eigenvalue weighted by molar-refractivity contribution is 7.91. The third kappa shape index (κ3) is 2.87. The van der Waals surface area contributed by atoms with E-state index in [1.807, 2.05) is 0 Å². The molecule has 1 atom stereocenters. The summed E-state index contributed by atoms with van der Waals surface area (Å²) in [5, 5.41) is 3.30. The molecular formula is C13H20N4O2S. The van der Waals surface area contributed by atoms with Gasteiger partial charge in [-0.25, -0.2) is 13.4 Å². The molecule has 1 aromatic rings. The first-order valence-electron chi connectivity index (χ1n) is 7.13. The van der Waals surface area contributed by atoms with Crippen molar-refractivity contribution in [3.05, 3.63) is 11.3 Å². The average Bonchev–Trinajstić information content (AvgIpc) is 2.75. The highest BCUT2D eigenvalue weighted by atomic mass is 32.2. The van der Waals surface area contributed by atoms with Gasteiger partial charge in [0.25, 0.3) is 0 Å². The summed E-state index contributed by atoms with van der Waals surface area (Å²) in [6.45, 7) is 0.641. The Hall–Kier alpha value is -1.37. The largest absolute Gasteiger partial charge is 0.369 e. The minimum Gasteiger partial charge on any atom is -0.369 e. The number of nitrogens with two attached hydrogens (primary N) is 1. The predicted molar refractivity (Wildman–Crippen MR) is 78.3 cm³/mol. The van der Waals surface area contributed by atoms with Gasteiger partial charge in [-0.2, -0.15) is 4.98 Å². The predicted octanol–water partition coefficient (Wildman–Crippen LogP) is 0.784. The zero-order valence-corrected chi connectivity index (χ0v) is 12.2. The van der Waals surface area contributed by atoms with Crippen molar-refractivity contribution in [2.75, 3.05) is 29.1 Å². The van der Waals surface area contributed by atoms with Crippen molar-refractivity contribution >= 4 is 21.6 Å². The fraction of sp³-hybridized carbons (Fsp3) is 0.692. The Balaban J connectivity index is 1.73. The molecule has 1 aromatic heterocycles. The zero-order valence-electron chi connectivity index (χ0n) is 11.4. The maximum absolute atomic E-state index is 11.5. The van der Waals surface area contributed by atoms with Gasteiger partial charge in [-0.05, 0) is 38.0 Å². The van der Waals surface area contributed by atoms with Crippen molar-refractivity contribution in [3.63, 3.8) is 0 Å². The van der Waals surface area contributed by atoms with E-state index in [0.717, 1.165) is 49.2 Å². The van der Waals surface area contributed by atoms with Crippen LogP contribution in [0.3, 0.4) is 0 Å². The number of hydrogen-bond donors (Lipinski definition) is 2. The molecule has 1 aliphatic heterocycles. The van der Waals surface area contributed by atoms with Crippen molar-refractivity contribution in [3.8, 4) is 0 Å². The lowest BCUT2D eigenvalue weighted by atomic mass is 9.96. The van der Waals surface area contributed by atoms with Gasteiger partial charge in [0.15, 0.2) is 9.84 Å². The molecule has 2 heterocycles. The summed E-state index contributed by atoms with van der Waals surface area (Å²) < 4.78 is 22.9. The lowest BCUT2D eigenvalue weighted by molar-refractivity contribution is 0.595. The molecule has 0 spiro atoms. The van der Waals surface area contributed by atoms with Gasteiger partial charge >= 0.3 is 0 Å². The van der Waals surface area contributed by atoms with Crippen LogP contribution in [0.25, 0.3) is 0 Å². The van der Waals surface area contributed by atoms with Crippen LogP contribution in [-0.4, -0.2) is 36.4 Å². The number of fused-ring (bicyclic) bond motifs is 1. The first kappa shape index (κ1) is 13.6. The van der Waals surface area contributed by atoms with Crippen LogP contribution < -0.4 is 11.1 Å². The molecule has 0 amide bonds. The third-order valence-electron chi connectivity index (χ3n) is 4.09. The molecule has 7 heteroatoms. The molecule has 0 radical (unpaired) electrons. The number of aryl methyl sites for hydroxylation is 1. The molecule has 0 bridgehead atoms. The molecule has 0 saturated carbocycles. The van der Waals surface area contributed by atoms with Crippen LogP contribution in [0.4, 0.5) is 11.8 Å². The van der Waals surface area contributed by atoms with Gasteiger partial charge in [-0.15, -0.1) is 0 Å². The summed E-state index contributed by atoms with van der Waals surface area (Å²) in [5.74, 6) is 1.87. The zero-order chi connectivity index (χ0) is 14.2. The maximum atomic E-state index is 11.5. The van der Waals surface area contributed by atoms with Gasteiger partial charge in [0.2, 0.25) is 5.95 Å². The summed E-state index contributed by atoms with van der Waals surface area (Å²) in [6, 6.07) is 0. The van der Waals surface area contributed by atoms with Crippen LogP contribution in [0.1, 0.15) is 30.5 Å². The number of aromatic nitrogens is 2. The molecule has 110 valence electrons. The van der Waals surface area contributed by atoms with E-state index in [1.165, 1.54) is 0 Å². The maximum Gasteiger partial charge on any atom is 0.222 e. The van der Waals surface area contributed by atoms with Crippen LogP contribution in [-0.2, 0) is 22.7 Å².